The molecule has 0 aliphatic rings. The molecule has 0 bridgehead atoms. The zero-order valence-electron chi connectivity index (χ0n) is 30.3. The highest BCUT2D eigenvalue weighted by Gasteiger charge is 2.21. The largest absolute Gasteiger partial charge is 0.455 e. The van der Waals surface area contributed by atoms with Crippen molar-refractivity contribution in [3.63, 3.8) is 0 Å². The van der Waals surface area contributed by atoms with E-state index >= 15 is 0 Å². The summed E-state index contributed by atoms with van der Waals surface area (Å²) in [7, 11) is 0. The Bertz CT molecular complexity index is 3360. The van der Waals surface area contributed by atoms with Gasteiger partial charge in [0, 0.05) is 32.7 Å². The van der Waals surface area contributed by atoms with Gasteiger partial charge in [-0.05, 0) is 90.0 Å². The van der Waals surface area contributed by atoms with Gasteiger partial charge in [-0.2, -0.15) is 0 Å². The Labute approximate surface area is 322 Å². The second kappa shape index (κ2) is 12.0. The lowest BCUT2D eigenvalue weighted by Crippen LogP contribution is -1.91. The second-order valence-corrected chi connectivity index (χ2v) is 14.7. The molecule has 0 saturated carbocycles. The van der Waals surface area contributed by atoms with E-state index in [9.17, 15) is 0 Å². The van der Waals surface area contributed by atoms with E-state index in [1.54, 1.807) is 0 Å². The van der Waals surface area contributed by atoms with Crippen LogP contribution in [0.3, 0.4) is 0 Å². The molecule has 2 aromatic heterocycles. The van der Waals surface area contributed by atoms with E-state index in [2.05, 4.69) is 182 Å². The van der Waals surface area contributed by atoms with E-state index in [1.165, 1.54) is 54.6 Å². The van der Waals surface area contributed by atoms with Crippen LogP contribution in [-0.4, -0.2) is 0 Å². The average molecular weight is 713 g/mol. The lowest BCUT2D eigenvalue weighted by molar-refractivity contribution is 0.669. The summed E-state index contributed by atoms with van der Waals surface area (Å²) in [6.45, 7) is 0. The maximum atomic E-state index is 6.64. The summed E-state index contributed by atoms with van der Waals surface area (Å²) in [4.78, 5) is 0. The first-order valence-corrected chi connectivity index (χ1v) is 19.2. The number of hydrogen-bond acceptors (Lipinski definition) is 2. The van der Waals surface area contributed by atoms with Gasteiger partial charge >= 0.3 is 0 Å². The maximum absolute atomic E-state index is 6.64. The van der Waals surface area contributed by atoms with Gasteiger partial charge < -0.3 is 8.83 Å². The molecule has 0 amide bonds. The number of benzene rings is 10. The molecule has 0 spiro atoms. The van der Waals surface area contributed by atoms with Crippen LogP contribution < -0.4 is 0 Å². The first-order valence-electron chi connectivity index (χ1n) is 19.2. The summed E-state index contributed by atoms with van der Waals surface area (Å²) in [5.41, 5.74) is 12.9. The van der Waals surface area contributed by atoms with E-state index in [-0.39, 0.29) is 0 Å². The Morgan fingerprint density at radius 3 is 1.34 bits per heavy atom. The highest BCUT2D eigenvalue weighted by atomic mass is 16.3. The van der Waals surface area contributed by atoms with Crippen molar-refractivity contribution in [2.75, 3.05) is 0 Å². The molecule has 2 nitrogen and oxygen atoms in total. The van der Waals surface area contributed by atoms with Crippen LogP contribution >= 0.6 is 0 Å². The fraction of sp³-hybridized carbons (Fsp3) is 0. The molecule has 0 aliphatic carbocycles. The van der Waals surface area contributed by atoms with Crippen LogP contribution in [0.4, 0.5) is 0 Å². The van der Waals surface area contributed by atoms with Gasteiger partial charge in [0.05, 0.1) is 0 Å². The van der Waals surface area contributed by atoms with Crippen molar-refractivity contribution in [3.8, 4) is 44.5 Å². The summed E-state index contributed by atoms with van der Waals surface area (Å²) >= 11 is 0. The zero-order valence-corrected chi connectivity index (χ0v) is 30.3. The Morgan fingerprint density at radius 2 is 0.732 bits per heavy atom. The quantitative estimate of drug-likeness (QED) is 0.170. The molecular weight excluding hydrogens is 681 g/mol. The molecule has 0 saturated heterocycles. The van der Waals surface area contributed by atoms with Crippen molar-refractivity contribution in [3.05, 3.63) is 194 Å². The third-order valence-electron chi connectivity index (χ3n) is 11.7. The standard InChI is InChI=1S/C54H32O2/c1-2-13-33(14-3-1)36-18-8-15-34-31-35(29-30-37(34)36)52-42-21-9-19-38(44-23-11-25-46-40-16-4-6-27-50(40)55-53(44)46)48(42)32-49-39(20-10-22-43(49)52)45-24-12-26-47-41-17-5-7-28-51(41)56-54(45)47/h1-32H. The van der Waals surface area contributed by atoms with Crippen LogP contribution in [0.1, 0.15) is 0 Å². The van der Waals surface area contributed by atoms with E-state index in [0.29, 0.717) is 0 Å². The van der Waals surface area contributed by atoms with Crippen molar-refractivity contribution < 1.29 is 8.83 Å². The third kappa shape index (κ3) is 4.57. The van der Waals surface area contributed by atoms with Crippen LogP contribution in [0.5, 0.6) is 0 Å². The van der Waals surface area contributed by atoms with E-state index in [4.69, 9.17) is 8.83 Å². The molecule has 12 rings (SSSR count). The van der Waals surface area contributed by atoms with Crippen molar-refractivity contribution in [1.82, 2.24) is 0 Å². The number of furan rings is 2. The van der Waals surface area contributed by atoms with Gasteiger partial charge in [0.25, 0.3) is 0 Å². The molecule has 12 aromatic rings. The maximum Gasteiger partial charge on any atom is 0.143 e. The first-order chi connectivity index (χ1) is 27.8. The molecule has 2 heterocycles. The van der Waals surface area contributed by atoms with Gasteiger partial charge in [0.15, 0.2) is 0 Å². The molecule has 0 fully saturated rings. The summed E-state index contributed by atoms with van der Waals surface area (Å²) in [6, 6.07) is 69.8. The van der Waals surface area contributed by atoms with Crippen LogP contribution in [0.25, 0.3) is 121 Å². The Hall–Kier alpha value is -7.42. The van der Waals surface area contributed by atoms with Gasteiger partial charge in [-0.1, -0.05) is 170 Å². The highest BCUT2D eigenvalue weighted by molar-refractivity contribution is 6.22. The van der Waals surface area contributed by atoms with Crippen LogP contribution in [0.2, 0.25) is 0 Å². The lowest BCUT2D eigenvalue weighted by Gasteiger charge is -2.18. The van der Waals surface area contributed by atoms with E-state index in [1.807, 2.05) is 12.1 Å². The third-order valence-corrected chi connectivity index (χ3v) is 11.7. The average Bonchev–Trinajstić information content (AvgIpc) is 3.84. The molecular formula is C54H32O2. The van der Waals surface area contributed by atoms with Crippen molar-refractivity contribution >= 4 is 76.2 Å². The van der Waals surface area contributed by atoms with E-state index < -0.39 is 0 Å². The van der Waals surface area contributed by atoms with Gasteiger partial charge in [-0.15, -0.1) is 0 Å². The predicted octanol–water partition coefficient (Wildman–Crippen LogP) is 15.6. The lowest BCUT2D eigenvalue weighted by atomic mass is 9.85. The Kier molecular flexibility index (Phi) is 6.66. The molecule has 2 heteroatoms. The van der Waals surface area contributed by atoms with Crippen molar-refractivity contribution in [2.45, 2.75) is 0 Å². The Balaban J connectivity index is 1.19. The molecule has 56 heavy (non-hydrogen) atoms. The summed E-state index contributed by atoms with van der Waals surface area (Å²) < 4.78 is 13.3. The normalized spacial score (nSPS) is 11.9. The molecule has 0 aliphatic heterocycles. The smallest absolute Gasteiger partial charge is 0.143 e. The summed E-state index contributed by atoms with van der Waals surface area (Å²) in [5.74, 6) is 0. The number of hydrogen-bond donors (Lipinski definition) is 0. The fourth-order valence-electron chi connectivity index (χ4n) is 9.17. The van der Waals surface area contributed by atoms with Gasteiger partial charge in [-0.3, -0.25) is 0 Å². The number of fused-ring (bicyclic) bond motifs is 9. The van der Waals surface area contributed by atoms with Crippen molar-refractivity contribution in [1.29, 1.82) is 0 Å². The SMILES string of the molecule is c1ccc(-c2cccc3cc(-c4c5cccc(-c6cccc7c6oc6ccccc67)c5cc5c(-c6cccc7c6oc6ccccc67)cccc45)ccc23)cc1. The minimum Gasteiger partial charge on any atom is -0.455 e. The summed E-state index contributed by atoms with van der Waals surface area (Å²) in [6.07, 6.45) is 0. The topological polar surface area (TPSA) is 26.3 Å². The Morgan fingerprint density at radius 1 is 0.250 bits per heavy atom. The monoisotopic (exact) mass is 712 g/mol. The molecule has 260 valence electrons. The number of para-hydroxylation sites is 4. The number of rotatable bonds is 4. The van der Waals surface area contributed by atoms with Gasteiger partial charge in [0.2, 0.25) is 0 Å². The first kappa shape index (κ1) is 31.0. The second-order valence-electron chi connectivity index (χ2n) is 14.7. The molecule has 0 radical (unpaired) electrons. The summed E-state index contributed by atoms with van der Waals surface area (Å²) in [5, 5.41) is 11.7. The molecule has 0 atom stereocenters. The minimum absolute atomic E-state index is 0.897. The van der Waals surface area contributed by atoms with Gasteiger partial charge in [-0.25, -0.2) is 0 Å². The molecule has 0 N–H and O–H groups in total. The molecule has 0 unspecified atom stereocenters. The fourth-order valence-corrected chi connectivity index (χ4v) is 9.17. The van der Waals surface area contributed by atoms with Gasteiger partial charge in [0.1, 0.15) is 22.3 Å². The zero-order chi connectivity index (χ0) is 36.7. The van der Waals surface area contributed by atoms with Crippen LogP contribution in [0, 0.1) is 0 Å². The van der Waals surface area contributed by atoms with Crippen LogP contribution in [0.15, 0.2) is 203 Å². The predicted molar refractivity (Wildman–Crippen MR) is 235 cm³/mol. The van der Waals surface area contributed by atoms with Crippen LogP contribution in [-0.2, 0) is 0 Å². The van der Waals surface area contributed by atoms with Crippen molar-refractivity contribution in [2.24, 2.45) is 0 Å². The molecule has 10 aromatic carbocycles. The highest BCUT2D eigenvalue weighted by Crippen LogP contribution is 2.47. The van der Waals surface area contributed by atoms with E-state index in [0.717, 1.165) is 66.1 Å². The minimum atomic E-state index is 0.897.